The normalized spacial score (nSPS) is 12.7. The van der Waals surface area contributed by atoms with Crippen LogP contribution in [-0.4, -0.2) is 18.4 Å². The summed E-state index contributed by atoms with van der Waals surface area (Å²) in [5.74, 6) is 4.27. The first-order valence-electron chi connectivity index (χ1n) is 5.49. The first-order valence-corrected chi connectivity index (χ1v) is 6.28. The van der Waals surface area contributed by atoms with Crippen LogP contribution in [0, 0.1) is 0 Å². The Labute approximate surface area is 121 Å². The maximum atomic E-state index is 12.1. The summed E-state index contributed by atoms with van der Waals surface area (Å²) in [4.78, 5) is 11.3. The molecule has 1 unspecified atom stereocenters. The van der Waals surface area contributed by atoms with Crippen LogP contribution in [0.1, 0.15) is 13.3 Å². The van der Waals surface area contributed by atoms with Gasteiger partial charge in [0.05, 0.1) is 4.47 Å². The molecule has 3 N–H and O–H groups in total. The van der Waals surface area contributed by atoms with Gasteiger partial charge in [-0.25, -0.2) is 5.84 Å². The molecule has 20 heavy (non-hydrogen) atoms. The van der Waals surface area contributed by atoms with Crippen LogP contribution in [0.15, 0.2) is 22.7 Å². The zero-order chi connectivity index (χ0) is 15.3. The maximum Gasteiger partial charge on any atom is 0.573 e. The molecule has 0 radical (unpaired) electrons. The van der Waals surface area contributed by atoms with Crippen molar-refractivity contribution in [2.45, 2.75) is 25.8 Å². The van der Waals surface area contributed by atoms with E-state index in [0.29, 0.717) is 6.42 Å². The molecular weight excluding hydrogens is 345 g/mol. The van der Waals surface area contributed by atoms with Crippen LogP contribution in [0.3, 0.4) is 0 Å². The Morgan fingerprint density at radius 3 is 2.60 bits per heavy atom. The maximum absolute atomic E-state index is 12.1. The molecule has 1 rings (SSSR count). The zero-order valence-corrected chi connectivity index (χ0v) is 11.9. The molecule has 0 saturated carbocycles. The number of carbonyl (C=O) groups is 1. The van der Waals surface area contributed by atoms with Gasteiger partial charge in [0, 0.05) is 0 Å². The van der Waals surface area contributed by atoms with Crippen molar-refractivity contribution in [3.63, 3.8) is 0 Å². The average Bonchev–Trinajstić information content (AvgIpc) is 2.36. The van der Waals surface area contributed by atoms with E-state index >= 15 is 0 Å². The Morgan fingerprint density at radius 2 is 2.15 bits per heavy atom. The Hall–Kier alpha value is -1.48. The van der Waals surface area contributed by atoms with E-state index < -0.39 is 24.1 Å². The zero-order valence-electron chi connectivity index (χ0n) is 10.3. The smallest absolute Gasteiger partial charge is 0.481 e. The minimum Gasteiger partial charge on any atom is -0.481 e. The van der Waals surface area contributed by atoms with Crippen molar-refractivity contribution in [2.75, 3.05) is 0 Å². The van der Waals surface area contributed by atoms with Crippen LogP contribution in [-0.2, 0) is 4.79 Å². The number of nitrogens with one attached hydrogen (secondary N) is 1. The fourth-order valence-corrected chi connectivity index (χ4v) is 1.78. The third-order valence-electron chi connectivity index (χ3n) is 2.21. The van der Waals surface area contributed by atoms with Gasteiger partial charge in [0.15, 0.2) is 6.10 Å². The van der Waals surface area contributed by atoms with E-state index in [9.17, 15) is 18.0 Å². The van der Waals surface area contributed by atoms with Crippen LogP contribution in [0.4, 0.5) is 13.2 Å². The number of rotatable bonds is 5. The number of ether oxygens (including phenoxy) is 2. The third-order valence-corrected chi connectivity index (χ3v) is 2.83. The molecule has 0 aliphatic rings. The number of carbonyl (C=O) groups excluding carboxylic acids is 1. The van der Waals surface area contributed by atoms with Crippen LogP contribution < -0.4 is 20.7 Å². The number of hydrogen-bond acceptors (Lipinski definition) is 4. The van der Waals surface area contributed by atoms with Gasteiger partial charge in [-0.2, -0.15) is 0 Å². The van der Waals surface area contributed by atoms with E-state index in [-0.39, 0.29) is 10.2 Å². The quantitative estimate of drug-likeness (QED) is 0.483. The Bertz CT molecular complexity index is 482. The second-order valence-corrected chi connectivity index (χ2v) is 4.52. The molecule has 0 saturated heterocycles. The van der Waals surface area contributed by atoms with E-state index in [4.69, 9.17) is 10.6 Å². The second-order valence-electron chi connectivity index (χ2n) is 3.66. The van der Waals surface area contributed by atoms with E-state index in [1.165, 1.54) is 12.1 Å². The molecule has 0 fully saturated rings. The van der Waals surface area contributed by atoms with Crippen molar-refractivity contribution in [1.82, 2.24) is 5.43 Å². The van der Waals surface area contributed by atoms with Gasteiger partial charge in [-0.1, -0.05) is 6.92 Å². The lowest BCUT2D eigenvalue weighted by atomic mass is 10.2. The van der Waals surface area contributed by atoms with Crippen LogP contribution in [0.5, 0.6) is 11.5 Å². The van der Waals surface area contributed by atoms with Crippen LogP contribution in [0.25, 0.3) is 0 Å². The Balaban J connectivity index is 2.84. The molecule has 9 heteroatoms. The lowest BCUT2D eigenvalue weighted by Crippen LogP contribution is -2.41. The van der Waals surface area contributed by atoms with Gasteiger partial charge >= 0.3 is 6.36 Å². The van der Waals surface area contributed by atoms with Gasteiger partial charge in [0.2, 0.25) is 0 Å². The fraction of sp³-hybridized carbons (Fsp3) is 0.364. The summed E-state index contributed by atoms with van der Waals surface area (Å²) in [6, 6.07) is 3.62. The standard InChI is InChI=1S/C11H12BrF3N2O3/c1-2-8(10(18)17-16)19-6-3-4-9(7(12)5-6)20-11(13,14)15/h3-5,8H,2,16H2,1H3,(H,17,18). The molecule has 1 atom stereocenters. The summed E-state index contributed by atoms with van der Waals surface area (Å²) >= 11 is 2.94. The highest BCUT2D eigenvalue weighted by atomic mass is 79.9. The van der Waals surface area contributed by atoms with Gasteiger partial charge in [0.1, 0.15) is 11.5 Å². The molecule has 0 bridgehead atoms. The van der Waals surface area contributed by atoms with Gasteiger partial charge < -0.3 is 9.47 Å². The first-order chi connectivity index (χ1) is 9.26. The van der Waals surface area contributed by atoms with Crippen LogP contribution in [0.2, 0.25) is 0 Å². The SMILES string of the molecule is CCC(Oc1ccc(OC(F)(F)F)c(Br)c1)C(=O)NN. The molecule has 1 amide bonds. The number of hydrazine groups is 1. The lowest BCUT2D eigenvalue weighted by molar-refractivity contribution is -0.274. The molecule has 0 aliphatic carbocycles. The second kappa shape index (κ2) is 6.80. The molecule has 0 heterocycles. The molecular formula is C11H12BrF3N2O3. The predicted molar refractivity (Wildman–Crippen MR) is 67.9 cm³/mol. The molecule has 0 aliphatic heterocycles. The summed E-state index contributed by atoms with van der Waals surface area (Å²) in [5, 5.41) is 0. The van der Waals surface area contributed by atoms with E-state index in [0.717, 1.165) is 6.07 Å². The molecule has 1 aromatic carbocycles. The van der Waals surface area contributed by atoms with Crippen molar-refractivity contribution in [1.29, 1.82) is 0 Å². The lowest BCUT2D eigenvalue weighted by Gasteiger charge is -2.17. The number of hydrogen-bond donors (Lipinski definition) is 2. The largest absolute Gasteiger partial charge is 0.573 e. The summed E-state index contributed by atoms with van der Waals surface area (Å²) in [5.41, 5.74) is 1.94. The minimum absolute atomic E-state index is 0.0512. The number of nitrogens with two attached hydrogens (primary N) is 1. The summed E-state index contributed by atoms with van der Waals surface area (Å²) in [7, 11) is 0. The molecule has 0 aromatic heterocycles. The van der Waals surface area contributed by atoms with Gasteiger partial charge in [0.25, 0.3) is 5.91 Å². The van der Waals surface area contributed by atoms with Crippen molar-refractivity contribution >= 4 is 21.8 Å². The Morgan fingerprint density at radius 1 is 1.50 bits per heavy atom. The number of alkyl halides is 3. The first kappa shape index (κ1) is 16.6. The van der Waals surface area contributed by atoms with Gasteiger partial charge in [-0.15, -0.1) is 13.2 Å². The highest BCUT2D eigenvalue weighted by Gasteiger charge is 2.32. The Kier molecular flexibility index (Phi) is 5.63. The minimum atomic E-state index is -4.78. The number of amides is 1. The monoisotopic (exact) mass is 356 g/mol. The molecule has 5 nitrogen and oxygen atoms in total. The van der Waals surface area contributed by atoms with Gasteiger partial charge in [-0.3, -0.25) is 10.2 Å². The van der Waals surface area contributed by atoms with Crippen molar-refractivity contribution in [3.8, 4) is 11.5 Å². The molecule has 112 valence electrons. The summed E-state index contributed by atoms with van der Waals surface area (Å²) in [6.07, 6.45) is -5.26. The van der Waals surface area contributed by atoms with E-state index in [2.05, 4.69) is 20.7 Å². The van der Waals surface area contributed by atoms with Crippen molar-refractivity contribution < 1.29 is 27.4 Å². The van der Waals surface area contributed by atoms with E-state index in [1.54, 1.807) is 6.92 Å². The number of benzene rings is 1. The predicted octanol–water partition coefficient (Wildman–Crippen LogP) is 2.49. The summed E-state index contributed by atoms with van der Waals surface area (Å²) < 4.78 is 45.5. The highest BCUT2D eigenvalue weighted by molar-refractivity contribution is 9.10. The summed E-state index contributed by atoms with van der Waals surface area (Å²) in [6.45, 7) is 1.70. The fourth-order valence-electron chi connectivity index (χ4n) is 1.34. The highest BCUT2D eigenvalue weighted by Crippen LogP contribution is 2.33. The van der Waals surface area contributed by atoms with Crippen molar-refractivity contribution in [3.05, 3.63) is 22.7 Å². The third kappa shape index (κ3) is 4.89. The van der Waals surface area contributed by atoms with Crippen LogP contribution >= 0.6 is 15.9 Å². The van der Waals surface area contributed by atoms with Crippen molar-refractivity contribution in [2.24, 2.45) is 5.84 Å². The van der Waals surface area contributed by atoms with E-state index in [1.807, 2.05) is 5.43 Å². The average molecular weight is 357 g/mol. The van der Waals surface area contributed by atoms with Gasteiger partial charge in [-0.05, 0) is 40.5 Å². The molecule has 1 aromatic rings. The molecule has 0 spiro atoms. The topological polar surface area (TPSA) is 73.6 Å². The number of halogens is 4.